The Kier molecular flexibility index (Phi) is 1.51. The van der Waals surface area contributed by atoms with Gasteiger partial charge in [0.1, 0.15) is 6.20 Å². The fourth-order valence-corrected chi connectivity index (χ4v) is 0.983. The molecule has 2 rings (SSSR count). The van der Waals surface area contributed by atoms with E-state index in [1.165, 1.54) is 10.9 Å². The Morgan fingerprint density at radius 2 is 1.92 bits per heavy atom. The van der Waals surface area contributed by atoms with Gasteiger partial charge in [-0.1, -0.05) is 23.4 Å². The lowest BCUT2D eigenvalue weighted by atomic mass is 10.3. The number of aromatic hydroxyl groups is 1. The normalized spacial score (nSPS) is 10.0. The number of nitrogens with zero attached hydrogens (tertiary/aromatic N) is 3. The topological polar surface area (TPSA) is 50.9 Å². The molecular formula is C8H7N3O. The van der Waals surface area contributed by atoms with Crippen molar-refractivity contribution in [1.29, 1.82) is 0 Å². The van der Waals surface area contributed by atoms with Gasteiger partial charge in [0.15, 0.2) is 0 Å². The van der Waals surface area contributed by atoms with Crippen molar-refractivity contribution >= 4 is 0 Å². The fraction of sp³-hybridized carbons (Fsp3) is 0. The highest BCUT2D eigenvalue weighted by atomic mass is 16.3. The maximum atomic E-state index is 9.24. The summed E-state index contributed by atoms with van der Waals surface area (Å²) in [5.74, 6) is 0.0428. The minimum Gasteiger partial charge on any atom is -0.492 e. The summed E-state index contributed by atoms with van der Waals surface area (Å²) in [6.45, 7) is 0. The summed E-state index contributed by atoms with van der Waals surface area (Å²) in [5.41, 5.74) is 0.799. The Balaban J connectivity index is 2.51. The molecule has 0 unspecified atom stereocenters. The summed E-state index contributed by atoms with van der Waals surface area (Å²) in [5, 5.41) is 16.5. The van der Waals surface area contributed by atoms with Gasteiger partial charge in [0.25, 0.3) is 0 Å². The van der Waals surface area contributed by atoms with E-state index in [-0.39, 0.29) is 5.88 Å². The fourth-order valence-electron chi connectivity index (χ4n) is 0.983. The largest absolute Gasteiger partial charge is 0.492 e. The number of aromatic nitrogens is 3. The maximum Gasteiger partial charge on any atom is 0.234 e. The van der Waals surface area contributed by atoms with Crippen LogP contribution in [0.5, 0.6) is 5.88 Å². The zero-order valence-electron chi connectivity index (χ0n) is 6.25. The third-order valence-corrected chi connectivity index (χ3v) is 1.53. The lowest BCUT2D eigenvalue weighted by molar-refractivity contribution is 0.433. The van der Waals surface area contributed by atoms with Crippen molar-refractivity contribution < 1.29 is 5.11 Å². The van der Waals surface area contributed by atoms with Crippen LogP contribution in [0.3, 0.4) is 0 Å². The van der Waals surface area contributed by atoms with Gasteiger partial charge in [0, 0.05) is 0 Å². The third kappa shape index (κ3) is 1.03. The Hall–Kier alpha value is -1.84. The molecule has 12 heavy (non-hydrogen) atoms. The smallest absolute Gasteiger partial charge is 0.234 e. The van der Waals surface area contributed by atoms with E-state index >= 15 is 0 Å². The summed E-state index contributed by atoms with van der Waals surface area (Å²) in [7, 11) is 0. The van der Waals surface area contributed by atoms with Crippen LogP contribution < -0.4 is 0 Å². The Labute approximate surface area is 69.1 Å². The SMILES string of the molecule is Oc1cnnn1-c1ccccc1. The average Bonchev–Trinajstić information content (AvgIpc) is 2.53. The first-order chi connectivity index (χ1) is 5.88. The Bertz CT molecular complexity index is 369. The van der Waals surface area contributed by atoms with Gasteiger partial charge in [0.05, 0.1) is 5.69 Å². The number of hydrogen-bond acceptors (Lipinski definition) is 3. The van der Waals surface area contributed by atoms with E-state index in [1.54, 1.807) is 0 Å². The van der Waals surface area contributed by atoms with E-state index in [4.69, 9.17) is 0 Å². The standard InChI is InChI=1S/C8H7N3O/c12-8-6-9-10-11(8)7-4-2-1-3-5-7/h1-6,12H. The van der Waals surface area contributed by atoms with Crippen LogP contribution in [0.4, 0.5) is 0 Å². The molecule has 0 radical (unpaired) electrons. The highest BCUT2D eigenvalue weighted by molar-refractivity contribution is 5.32. The molecule has 1 N–H and O–H groups in total. The molecule has 0 fully saturated rings. The molecule has 0 bridgehead atoms. The molecule has 1 aromatic heterocycles. The number of benzene rings is 1. The summed E-state index contributed by atoms with van der Waals surface area (Å²) < 4.78 is 1.36. The van der Waals surface area contributed by atoms with Crippen LogP contribution in [0.1, 0.15) is 0 Å². The second-order valence-corrected chi connectivity index (χ2v) is 2.34. The Morgan fingerprint density at radius 1 is 1.17 bits per heavy atom. The van der Waals surface area contributed by atoms with Gasteiger partial charge in [-0.2, -0.15) is 4.68 Å². The molecule has 0 saturated heterocycles. The molecule has 0 spiro atoms. The van der Waals surface area contributed by atoms with E-state index in [1.807, 2.05) is 30.3 Å². The average molecular weight is 161 g/mol. The van der Waals surface area contributed by atoms with E-state index in [0.29, 0.717) is 0 Å². The predicted octanol–water partition coefficient (Wildman–Crippen LogP) is 0.973. The summed E-state index contributed by atoms with van der Waals surface area (Å²) in [4.78, 5) is 0. The van der Waals surface area contributed by atoms with Gasteiger partial charge in [-0.25, -0.2) is 0 Å². The molecule has 0 amide bonds. The minimum absolute atomic E-state index is 0.0428. The predicted molar refractivity (Wildman–Crippen MR) is 43.0 cm³/mol. The lowest BCUT2D eigenvalue weighted by Crippen LogP contribution is -1.94. The van der Waals surface area contributed by atoms with Gasteiger partial charge < -0.3 is 5.11 Å². The van der Waals surface area contributed by atoms with E-state index in [2.05, 4.69) is 10.3 Å². The first-order valence-corrected chi connectivity index (χ1v) is 3.53. The van der Waals surface area contributed by atoms with E-state index in [9.17, 15) is 5.11 Å². The van der Waals surface area contributed by atoms with Crippen LogP contribution >= 0.6 is 0 Å². The summed E-state index contributed by atoms with van der Waals surface area (Å²) >= 11 is 0. The molecule has 1 heterocycles. The monoisotopic (exact) mass is 161 g/mol. The van der Waals surface area contributed by atoms with Gasteiger partial charge in [-0.05, 0) is 12.1 Å². The molecule has 60 valence electrons. The molecule has 1 aromatic carbocycles. The third-order valence-electron chi connectivity index (χ3n) is 1.53. The van der Waals surface area contributed by atoms with Crippen molar-refractivity contribution in [3.05, 3.63) is 36.5 Å². The molecule has 0 atom stereocenters. The van der Waals surface area contributed by atoms with Crippen molar-refractivity contribution in [2.45, 2.75) is 0 Å². The van der Waals surface area contributed by atoms with Crippen molar-refractivity contribution in [3.63, 3.8) is 0 Å². The number of rotatable bonds is 1. The highest BCUT2D eigenvalue weighted by Gasteiger charge is 2.01. The highest BCUT2D eigenvalue weighted by Crippen LogP contribution is 2.12. The van der Waals surface area contributed by atoms with Crippen LogP contribution in [0.2, 0.25) is 0 Å². The molecular weight excluding hydrogens is 154 g/mol. The minimum atomic E-state index is 0.0428. The number of hydrogen-bond donors (Lipinski definition) is 1. The van der Waals surface area contributed by atoms with Crippen LogP contribution in [0, 0.1) is 0 Å². The quantitative estimate of drug-likeness (QED) is 0.678. The van der Waals surface area contributed by atoms with Crippen molar-refractivity contribution in [2.75, 3.05) is 0 Å². The van der Waals surface area contributed by atoms with Crippen molar-refractivity contribution in [1.82, 2.24) is 15.0 Å². The maximum absolute atomic E-state index is 9.24. The van der Waals surface area contributed by atoms with Crippen molar-refractivity contribution in [3.8, 4) is 11.6 Å². The molecule has 0 aliphatic rings. The lowest BCUT2D eigenvalue weighted by Gasteiger charge is -1.98. The van der Waals surface area contributed by atoms with Crippen LogP contribution in [0.25, 0.3) is 5.69 Å². The first kappa shape index (κ1) is 6.84. The molecule has 0 aliphatic heterocycles. The molecule has 0 saturated carbocycles. The second-order valence-electron chi connectivity index (χ2n) is 2.34. The second kappa shape index (κ2) is 2.65. The van der Waals surface area contributed by atoms with Gasteiger partial charge in [-0.3, -0.25) is 0 Å². The molecule has 4 heteroatoms. The molecule has 4 nitrogen and oxygen atoms in total. The zero-order chi connectivity index (χ0) is 8.39. The van der Waals surface area contributed by atoms with Gasteiger partial charge >= 0.3 is 0 Å². The first-order valence-electron chi connectivity index (χ1n) is 3.53. The van der Waals surface area contributed by atoms with Crippen molar-refractivity contribution in [2.24, 2.45) is 0 Å². The van der Waals surface area contributed by atoms with E-state index < -0.39 is 0 Å². The Morgan fingerprint density at radius 3 is 2.50 bits per heavy atom. The summed E-state index contributed by atoms with van der Waals surface area (Å²) in [6.07, 6.45) is 1.30. The van der Waals surface area contributed by atoms with Gasteiger partial charge in [0.2, 0.25) is 5.88 Å². The molecule has 2 aromatic rings. The van der Waals surface area contributed by atoms with Crippen LogP contribution in [-0.2, 0) is 0 Å². The van der Waals surface area contributed by atoms with E-state index in [0.717, 1.165) is 5.69 Å². The van der Waals surface area contributed by atoms with Crippen LogP contribution in [-0.4, -0.2) is 20.1 Å². The summed E-state index contributed by atoms with van der Waals surface area (Å²) in [6, 6.07) is 9.33. The molecule has 0 aliphatic carbocycles. The van der Waals surface area contributed by atoms with Crippen LogP contribution in [0.15, 0.2) is 36.5 Å². The van der Waals surface area contributed by atoms with Gasteiger partial charge in [-0.15, -0.1) is 5.10 Å². The zero-order valence-corrected chi connectivity index (χ0v) is 6.25. The number of para-hydroxylation sites is 1.